The smallest absolute Gasteiger partial charge is 0.256 e. The van der Waals surface area contributed by atoms with Crippen molar-refractivity contribution in [1.29, 1.82) is 0 Å². The zero-order valence-electron chi connectivity index (χ0n) is 14.0. The number of fused-ring (bicyclic) bond motifs is 1. The van der Waals surface area contributed by atoms with Gasteiger partial charge in [0.25, 0.3) is 5.91 Å². The van der Waals surface area contributed by atoms with Crippen LogP contribution in [0.25, 0.3) is 5.65 Å². The molecule has 4 atom stereocenters. The molecule has 1 fully saturated rings. The number of hydrogen-bond acceptors (Lipinski definition) is 8. The van der Waals surface area contributed by atoms with Crippen LogP contribution >= 0.6 is 0 Å². The predicted octanol–water partition coefficient (Wildman–Crippen LogP) is -0.469. The van der Waals surface area contributed by atoms with Crippen molar-refractivity contribution in [3.8, 4) is 0 Å². The van der Waals surface area contributed by atoms with E-state index in [1.54, 1.807) is 24.3 Å². The van der Waals surface area contributed by atoms with Crippen LogP contribution in [0.2, 0.25) is 0 Å². The van der Waals surface area contributed by atoms with E-state index in [2.05, 4.69) is 20.4 Å². The molecule has 3 heterocycles. The Labute approximate surface area is 153 Å². The molecule has 0 radical (unpaired) electrons. The number of nitrogens with one attached hydrogen (secondary N) is 1. The van der Waals surface area contributed by atoms with Gasteiger partial charge >= 0.3 is 0 Å². The molecule has 10 nitrogen and oxygen atoms in total. The number of amides is 1. The minimum atomic E-state index is -1.25. The van der Waals surface area contributed by atoms with E-state index in [9.17, 15) is 20.1 Å². The highest BCUT2D eigenvalue weighted by Crippen LogP contribution is 2.33. The number of imidazole rings is 1. The fourth-order valence-electron chi connectivity index (χ4n) is 3.03. The molecule has 1 aliphatic rings. The summed E-state index contributed by atoms with van der Waals surface area (Å²) >= 11 is 0. The lowest BCUT2D eigenvalue weighted by Gasteiger charge is -2.13. The van der Waals surface area contributed by atoms with Crippen molar-refractivity contribution in [3.05, 3.63) is 54.1 Å². The molecule has 0 spiro atoms. The van der Waals surface area contributed by atoms with Crippen LogP contribution in [0.5, 0.6) is 0 Å². The molecule has 140 valence electrons. The van der Waals surface area contributed by atoms with Gasteiger partial charge in [-0.2, -0.15) is 5.10 Å². The highest BCUT2D eigenvalue weighted by molar-refractivity contribution is 6.05. The molecule has 1 aliphatic heterocycles. The summed E-state index contributed by atoms with van der Waals surface area (Å²) in [5.74, 6) is -0.162. The van der Waals surface area contributed by atoms with Gasteiger partial charge in [0, 0.05) is 5.56 Å². The number of aliphatic hydroxyl groups is 3. The number of benzene rings is 1. The first-order valence-corrected chi connectivity index (χ1v) is 8.27. The zero-order chi connectivity index (χ0) is 19.0. The van der Waals surface area contributed by atoms with Crippen molar-refractivity contribution in [2.24, 2.45) is 0 Å². The minimum Gasteiger partial charge on any atom is -0.394 e. The minimum absolute atomic E-state index is 0.192. The van der Waals surface area contributed by atoms with Crippen molar-refractivity contribution in [3.63, 3.8) is 0 Å². The second kappa shape index (κ2) is 7.00. The van der Waals surface area contributed by atoms with Crippen LogP contribution in [-0.2, 0) is 4.74 Å². The Kier molecular flexibility index (Phi) is 4.54. The summed E-state index contributed by atoms with van der Waals surface area (Å²) < 4.78 is 6.89. The summed E-state index contributed by atoms with van der Waals surface area (Å²) in [5.41, 5.74) is 1.09. The maximum atomic E-state index is 12.4. The van der Waals surface area contributed by atoms with Gasteiger partial charge in [-0.15, -0.1) is 0 Å². The molecule has 4 rings (SSSR count). The fourth-order valence-corrected chi connectivity index (χ4v) is 3.03. The van der Waals surface area contributed by atoms with Crippen LogP contribution in [0.3, 0.4) is 0 Å². The Morgan fingerprint density at radius 1 is 1.19 bits per heavy atom. The first-order chi connectivity index (χ1) is 13.1. The SMILES string of the molecule is O=C(Nc1ncnn2c([C@@H]3O[C@H](CO)C(O)[C@@H]3O)cnc12)c1ccccc1. The van der Waals surface area contributed by atoms with Gasteiger partial charge in [-0.05, 0) is 12.1 Å². The lowest BCUT2D eigenvalue weighted by atomic mass is 10.1. The quantitative estimate of drug-likeness (QED) is 0.482. The third-order valence-electron chi connectivity index (χ3n) is 4.43. The molecular weight excluding hydrogens is 354 g/mol. The first kappa shape index (κ1) is 17.5. The number of aliphatic hydroxyl groups excluding tert-OH is 3. The summed E-state index contributed by atoms with van der Waals surface area (Å²) in [5, 5.41) is 36.2. The number of aromatic nitrogens is 4. The standard InChI is InChI=1S/C17H17N5O5/c23-7-11-12(24)13(25)14(27-11)10-6-18-16-15(19-8-20-22(10)16)21-17(26)9-4-2-1-3-5-9/h1-6,8,11-14,23-25H,7H2,(H,19,20,21,26)/t11-,12?,13+,14+/m1/s1. The van der Waals surface area contributed by atoms with Gasteiger partial charge in [0.15, 0.2) is 11.5 Å². The van der Waals surface area contributed by atoms with Gasteiger partial charge in [-0.1, -0.05) is 18.2 Å². The monoisotopic (exact) mass is 371 g/mol. The molecule has 3 aromatic rings. The van der Waals surface area contributed by atoms with Crippen LogP contribution in [0.15, 0.2) is 42.9 Å². The molecule has 27 heavy (non-hydrogen) atoms. The molecule has 0 aliphatic carbocycles. The van der Waals surface area contributed by atoms with Crippen LogP contribution in [0.1, 0.15) is 22.2 Å². The van der Waals surface area contributed by atoms with E-state index in [1.165, 1.54) is 17.0 Å². The van der Waals surface area contributed by atoms with Crippen molar-refractivity contribution in [1.82, 2.24) is 19.6 Å². The van der Waals surface area contributed by atoms with Crippen molar-refractivity contribution in [2.75, 3.05) is 11.9 Å². The summed E-state index contributed by atoms with van der Waals surface area (Å²) in [6.07, 6.45) is -1.67. The average Bonchev–Trinajstić information content (AvgIpc) is 3.25. The summed E-state index contributed by atoms with van der Waals surface area (Å²) in [6, 6.07) is 8.65. The average molecular weight is 371 g/mol. The van der Waals surface area contributed by atoms with Gasteiger partial charge in [0.1, 0.15) is 30.7 Å². The Morgan fingerprint density at radius 2 is 1.96 bits per heavy atom. The Balaban J connectivity index is 1.65. The molecule has 4 N–H and O–H groups in total. The number of carbonyl (C=O) groups is 1. The number of ether oxygens (including phenoxy) is 1. The number of nitrogens with zero attached hydrogens (tertiary/aromatic N) is 4. The second-order valence-electron chi connectivity index (χ2n) is 6.11. The van der Waals surface area contributed by atoms with E-state index in [1.807, 2.05) is 6.07 Å². The third-order valence-corrected chi connectivity index (χ3v) is 4.43. The highest BCUT2D eigenvalue weighted by atomic mass is 16.6. The molecular formula is C17H17N5O5. The Morgan fingerprint density at radius 3 is 2.67 bits per heavy atom. The van der Waals surface area contributed by atoms with Gasteiger partial charge in [0.05, 0.1) is 18.5 Å². The lowest BCUT2D eigenvalue weighted by Crippen LogP contribution is -2.32. The Bertz CT molecular complexity index is 963. The summed E-state index contributed by atoms with van der Waals surface area (Å²) in [6.45, 7) is -0.432. The van der Waals surface area contributed by atoms with E-state index in [4.69, 9.17) is 4.74 Å². The van der Waals surface area contributed by atoms with Gasteiger partial charge in [-0.3, -0.25) is 4.79 Å². The normalized spacial score (nSPS) is 25.0. The molecule has 2 aromatic heterocycles. The third kappa shape index (κ3) is 3.04. The van der Waals surface area contributed by atoms with Crippen LogP contribution in [-0.4, -0.2) is 65.7 Å². The molecule has 1 aromatic carbocycles. The summed E-state index contributed by atoms with van der Waals surface area (Å²) in [4.78, 5) is 20.6. The van der Waals surface area contributed by atoms with E-state index < -0.39 is 31.0 Å². The number of rotatable bonds is 4. The van der Waals surface area contributed by atoms with E-state index in [0.29, 0.717) is 11.3 Å². The predicted molar refractivity (Wildman–Crippen MR) is 91.9 cm³/mol. The maximum absolute atomic E-state index is 12.4. The van der Waals surface area contributed by atoms with Crippen molar-refractivity contribution >= 4 is 17.4 Å². The van der Waals surface area contributed by atoms with Gasteiger partial charge < -0.3 is 25.4 Å². The maximum Gasteiger partial charge on any atom is 0.256 e. The first-order valence-electron chi connectivity index (χ1n) is 8.27. The van der Waals surface area contributed by atoms with Crippen molar-refractivity contribution < 1.29 is 24.9 Å². The molecule has 10 heteroatoms. The van der Waals surface area contributed by atoms with Crippen LogP contribution in [0.4, 0.5) is 5.82 Å². The lowest BCUT2D eigenvalue weighted by molar-refractivity contribution is -0.0244. The Hall–Kier alpha value is -2.92. The number of carbonyl (C=O) groups excluding carboxylic acids is 1. The fraction of sp³-hybridized carbons (Fsp3) is 0.294. The molecule has 0 bridgehead atoms. The van der Waals surface area contributed by atoms with Gasteiger partial charge in [0.2, 0.25) is 0 Å². The second-order valence-corrected chi connectivity index (χ2v) is 6.11. The van der Waals surface area contributed by atoms with E-state index >= 15 is 0 Å². The summed E-state index contributed by atoms with van der Waals surface area (Å²) in [7, 11) is 0. The van der Waals surface area contributed by atoms with E-state index in [0.717, 1.165) is 0 Å². The van der Waals surface area contributed by atoms with Gasteiger partial charge in [-0.25, -0.2) is 14.5 Å². The number of anilines is 1. The molecule has 1 amide bonds. The largest absolute Gasteiger partial charge is 0.394 e. The molecule has 1 unspecified atom stereocenters. The topological polar surface area (TPSA) is 142 Å². The highest BCUT2D eigenvalue weighted by Gasteiger charge is 2.44. The van der Waals surface area contributed by atoms with Crippen LogP contribution < -0.4 is 5.32 Å². The van der Waals surface area contributed by atoms with Crippen LogP contribution in [0, 0.1) is 0 Å². The molecule has 0 saturated carbocycles. The van der Waals surface area contributed by atoms with Crippen molar-refractivity contribution in [2.45, 2.75) is 24.4 Å². The molecule has 1 saturated heterocycles. The zero-order valence-corrected chi connectivity index (χ0v) is 14.0. The van der Waals surface area contributed by atoms with E-state index in [-0.39, 0.29) is 17.4 Å². The number of hydrogen-bond donors (Lipinski definition) is 4.